The number of aromatic amines is 1. The summed E-state index contributed by atoms with van der Waals surface area (Å²) in [5, 5.41) is 9.26. The molecule has 1 aliphatic carbocycles. The van der Waals surface area contributed by atoms with Gasteiger partial charge in [-0.05, 0) is 49.9 Å². The average Bonchev–Trinajstić information content (AvgIpc) is 3.57. The minimum Gasteiger partial charge on any atom is -0.384 e. The summed E-state index contributed by atoms with van der Waals surface area (Å²) in [6.07, 6.45) is 1.58. The summed E-state index contributed by atoms with van der Waals surface area (Å²) in [5.74, 6) is 0.00317. The number of thioether (sulfide) groups is 1. The third-order valence-electron chi connectivity index (χ3n) is 6.12. The van der Waals surface area contributed by atoms with Crippen LogP contribution < -0.4 is 17.0 Å². The van der Waals surface area contributed by atoms with Gasteiger partial charge in [0.15, 0.2) is 16.8 Å². The summed E-state index contributed by atoms with van der Waals surface area (Å²) >= 11 is 1.17. The first kappa shape index (κ1) is 22.9. The highest BCUT2D eigenvalue weighted by molar-refractivity contribution is 7.99. The summed E-state index contributed by atoms with van der Waals surface area (Å²) in [6.45, 7) is 4.08. The van der Waals surface area contributed by atoms with Crippen LogP contribution in [0.4, 0.5) is 5.82 Å². The second kappa shape index (κ2) is 9.03. The lowest BCUT2D eigenvalue weighted by atomic mass is 10.1. The normalized spacial score (nSPS) is 13.2. The number of anilines is 1. The van der Waals surface area contributed by atoms with Crippen LogP contribution in [0.2, 0.25) is 0 Å². The molecule has 0 aliphatic heterocycles. The molecule has 0 bridgehead atoms. The van der Waals surface area contributed by atoms with Crippen molar-refractivity contribution in [1.82, 2.24) is 24.3 Å². The van der Waals surface area contributed by atoms with Crippen LogP contribution in [0, 0.1) is 13.8 Å². The van der Waals surface area contributed by atoms with Gasteiger partial charge in [-0.25, -0.2) is 4.79 Å². The number of hydrogen-bond donors (Lipinski definition) is 2. The predicted octanol–water partition coefficient (Wildman–Crippen LogP) is 3.29. The molecule has 35 heavy (non-hydrogen) atoms. The minimum atomic E-state index is -0.768. The third-order valence-corrected chi connectivity index (χ3v) is 7.05. The number of nitrogen functional groups attached to an aromatic ring is 1. The molecule has 0 atom stereocenters. The predicted molar refractivity (Wildman–Crippen MR) is 135 cm³/mol. The number of nitrogens with zero attached hydrogens (tertiary/aromatic N) is 4. The fourth-order valence-electron chi connectivity index (χ4n) is 3.97. The maximum atomic E-state index is 13.1. The Morgan fingerprint density at radius 3 is 2.51 bits per heavy atom. The smallest absolute Gasteiger partial charge is 0.330 e. The van der Waals surface area contributed by atoms with Crippen LogP contribution in [0.25, 0.3) is 17.1 Å². The van der Waals surface area contributed by atoms with Crippen LogP contribution in [0.3, 0.4) is 0 Å². The van der Waals surface area contributed by atoms with E-state index in [0.717, 1.165) is 35.2 Å². The molecule has 3 N–H and O–H groups in total. The zero-order valence-electron chi connectivity index (χ0n) is 19.3. The molecule has 9 nitrogen and oxygen atoms in total. The van der Waals surface area contributed by atoms with Crippen LogP contribution in [-0.4, -0.2) is 35.9 Å². The lowest BCUT2D eigenvalue weighted by molar-refractivity contribution is 0.102. The summed E-state index contributed by atoms with van der Waals surface area (Å²) in [7, 11) is 0. The Labute approximate surface area is 205 Å². The van der Waals surface area contributed by atoms with Gasteiger partial charge >= 0.3 is 5.69 Å². The highest BCUT2D eigenvalue weighted by atomic mass is 32.2. The Morgan fingerprint density at radius 1 is 1.09 bits per heavy atom. The molecule has 10 heteroatoms. The Morgan fingerprint density at radius 2 is 1.83 bits per heavy atom. The number of H-pyrrole nitrogens is 1. The number of nitrogens with one attached hydrogen (secondary N) is 1. The van der Waals surface area contributed by atoms with E-state index in [1.54, 1.807) is 0 Å². The molecule has 0 amide bonds. The lowest BCUT2D eigenvalue weighted by Crippen LogP contribution is -2.36. The molecule has 2 heterocycles. The van der Waals surface area contributed by atoms with Crippen molar-refractivity contribution in [3.8, 4) is 17.1 Å². The van der Waals surface area contributed by atoms with Crippen LogP contribution >= 0.6 is 11.8 Å². The number of benzene rings is 2. The summed E-state index contributed by atoms with van der Waals surface area (Å²) in [4.78, 5) is 39.9. The van der Waals surface area contributed by atoms with Crippen molar-refractivity contribution < 1.29 is 4.79 Å². The molecular formula is C25H24N6O3S. The van der Waals surface area contributed by atoms with E-state index in [-0.39, 0.29) is 23.2 Å². The number of nitrogens with two attached hydrogens (primary N) is 1. The van der Waals surface area contributed by atoms with Gasteiger partial charge in [-0.1, -0.05) is 48.2 Å². The molecule has 5 rings (SSSR count). The number of hydrogen-bond acceptors (Lipinski definition) is 7. The van der Waals surface area contributed by atoms with E-state index in [9.17, 15) is 14.4 Å². The molecule has 1 aliphatic rings. The number of aromatic nitrogens is 5. The zero-order valence-corrected chi connectivity index (χ0v) is 20.1. The van der Waals surface area contributed by atoms with E-state index in [4.69, 9.17) is 5.73 Å². The first-order chi connectivity index (χ1) is 16.8. The highest BCUT2D eigenvalue weighted by Crippen LogP contribution is 2.35. The topological polar surface area (TPSA) is 129 Å². The first-order valence-electron chi connectivity index (χ1n) is 11.2. The maximum absolute atomic E-state index is 13.1. The fourth-order valence-corrected chi connectivity index (χ4v) is 4.79. The van der Waals surface area contributed by atoms with E-state index in [0.29, 0.717) is 11.0 Å². The van der Waals surface area contributed by atoms with Gasteiger partial charge in [0.05, 0.1) is 11.4 Å². The van der Waals surface area contributed by atoms with E-state index in [1.807, 2.05) is 66.9 Å². The number of carbonyl (C=O) groups is 1. The number of ketones is 1. The summed E-state index contributed by atoms with van der Waals surface area (Å²) < 4.78 is 3.21. The largest absolute Gasteiger partial charge is 0.384 e. The highest BCUT2D eigenvalue weighted by Gasteiger charge is 2.30. The van der Waals surface area contributed by atoms with E-state index < -0.39 is 17.0 Å². The summed E-state index contributed by atoms with van der Waals surface area (Å²) in [5.41, 5.74) is 8.59. The molecule has 0 saturated heterocycles. The SMILES string of the molecule is Cc1ccc(-n2c(SCC(=O)c3c(N)n(C4CC4)c(=O)[nH]c3=O)nnc2-c2ccccc2)cc1C. The molecule has 1 fully saturated rings. The van der Waals surface area contributed by atoms with Crippen molar-refractivity contribution in [3.63, 3.8) is 0 Å². The molecule has 0 spiro atoms. The fraction of sp³-hybridized carbons (Fsp3) is 0.240. The molecule has 0 radical (unpaired) electrons. The van der Waals surface area contributed by atoms with Crippen molar-refractivity contribution in [1.29, 1.82) is 0 Å². The second-order valence-corrected chi connectivity index (χ2v) is 9.55. The number of Topliss-reactive ketones (excluding diaryl/α,β-unsaturated/α-hetero) is 1. The number of aryl methyl sites for hydroxylation is 2. The summed E-state index contributed by atoms with van der Waals surface area (Å²) in [6, 6.07) is 15.7. The van der Waals surface area contributed by atoms with Crippen molar-refractivity contribution in [3.05, 3.63) is 86.1 Å². The Hall–Kier alpha value is -3.92. The standard InChI is InChI=1S/C25H24N6O3S/c1-14-8-9-18(12-15(14)2)31-22(16-6-4-3-5-7-16)28-29-25(31)35-13-19(32)20-21(26)30(17-10-11-17)24(34)27-23(20)33/h3-9,12,17H,10-11,13,26H2,1-2H3,(H,27,33,34). The van der Waals surface area contributed by atoms with E-state index in [1.165, 1.54) is 16.3 Å². The van der Waals surface area contributed by atoms with E-state index >= 15 is 0 Å². The van der Waals surface area contributed by atoms with Gasteiger partial charge in [0.2, 0.25) is 0 Å². The maximum Gasteiger partial charge on any atom is 0.330 e. The van der Waals surface area contributed by atoms with Gasteiger partial charge in [-0.15, -0.1) is 10.2 Å². The Bertz CT molecular complexity index is 1550. The Balaban J connectivity index is 1.51. The number of carbonyl (C=O) groups excluding carboxylic acids is 1. The van der Waals surface area contributed by atoms with Crippen molar-refractivity contribution in [2.24, 2.45) is 0 Å². The van der Waals surface area contributed by atoms with Crippen LogP contribution in [0.5, 0.6) is 0 Å². The quantitative estimate of drug-likeness (QED) is 0.302. The zero-order chi connectivity index (χ0) is 24.7. The average molecular weight is 489 g/mol. The van der Waals surface area contributed by atoms with Gasteiger partial charge in [0.1, 0.15) is 11.4 Å². The van der Waals surface area contributed by atoms with Crippen LogP contribution in [0.15, 0.2) is 63.3 Å². The van der Waals surface area contributed by atoms with Gasteiger partial charge in [0, 0.05) is 11.6 Å². The lowest BCUT2D eigenvalue weighted by Gasteiger charge is -2.13. The first-order valence-corrected chi connectivity index (χ1v) is 12.2. The van der Waals surface area contributed by atoms with Crippen LogP contribution in [-0.2, 0) is 0 Å². The van der Waals surface area contributed by atoms with Gasteiger partial charge in [-0.3, -0.25) is 23.7 Å². The monoisotopic (exact) mass is 488 g/mol. The molecule has 0 unspecified atom stereocenters. The van der Waals surface area contributed by atoms with E-state index in [2.05, 4.69) is 15.2 Å². The van der Waals surface area contributed by atoms with Gasteiger partial charge in [0.25, 0.3) is 5.56 Å². The molecule has 4 aromatic rings. The van der Waals surface area contributed by atoms with Gasteiger partial charge < -0.3 is 5.73 Å². The van der Waals surface area contributed by atoms with Crippen molar-refractivity contribution in [2.45, 2.75) is 37.9 Å². The Kier molecular flexibility index (Phi) is 5.89. The second-order valence-electron chi connectivity index (χ2n) is 8.61. The molecular weight excluding hydrogens is 464 g/mol. The molecule has 178 valence electrons. The van der Waals surface area contributed by atoms with Crippen molar-refractivity contribution >= 4 is 23.4 Å². The van der Waals surface area contributed by atoms with Gasteiger partial charge in [-0.2, -0.15) is 0 Å². The van der Waals surface area contributed by atoms with Crippen LogP contribution in [0.1, 0.15) is 40.4 Å². The minimum absolute atomic E-state index is 0.0696. The molecule has 2 aromatic heterocycles. The van der Waals surface area contributed by atoms with Crippen molar-refractivity contribution in [2.75, 3.05) is 11.5 Å². The third kappa shape index (κ3) is 4.32. The number of rotatable bonds is 7. The molecule has 1 saturated carbocycles. The molecule has 2 aromatic carbocycles.